The fourth-order valence-corrected chi connectivity index (χ4v) is 4.89. The summed E-state index contributed by atoms with van der Waals surface area (Å²) in [7, 11) is 0. The molecule has 0 amide bonds. The van der Waals surface area contributed by atoms with Gasteiger partial charge in [-0.15, -0.1) is 11.3 Å². The fourth-order valence-electron chi connectivity index (χ4n) is 4.02. The van der Waals surface area contributed by atoms with Crippen LogP contribution in [-0.2, 0) is 4.74 Å². The second-order valence-electron chi connectivity index (χ2n) is 7.75. The molecule has 4 heterocycles. The first-order chi connectivity index (χ1) is 15.0. The molecule has 1 aliphatic heterocycles. The first-order valence-corrected chi connectivity index (χ1v) is 10.9. The molecule has 1 aliphatic rings. The standard InChI is InChI=1S/C23H20F2N4OS/c1-12-9-14(5-7-26-12)19-10-15(6-8-30-19)22-28-20(17-4-3-16(24)11-18(17)25)21-23(29-22)27-13(2)31-21/h3-5,7,9,11,15,19H,6,8,10H2,1-2H3/t15-,19-/m0/s1. The van der Waals surface area contributed by atoms with Gasteiger partial charge >= 0.3 is 0 Å². The summed E-state index contributed by atoms with van der Waals surface area (Å²) in [4.78, 5) is 18.3. The Balaban J connectivity index is 1.57. The Labute approximate surface area is 182 Å². The number of hydrogen-bond donors (Lipinski definition) is 0. The number of rotatable bonds is 3. The van der Waals surface area contributed by atoms with Crippen LogP contribution >= 0.6 is 11.3 Å². The molecule has 0 bridgehead atoms. The zero-order valence-electron chi connectivity index (χ0n) is 17.1. The minimum Gasteiger partial charge on any atom is -0.373 e. The maximum absolute atomic E-state index is 14.6. The highest BCUT2D eigenvalue weighted by Gasteiger charge is 2.29. The Hall–Kier alpha value is -2.84. The van der Waals surface area contributed by atoms with Crippen LogP contribution in [0.1, 0.15) is 47.0 Å². The Morgan fingerprint density at radius 3 is 2.74 bits per heavy atom. The Morgan fingerprint density at radius 2 is 1.94 bits per heavy atom. The zero-order valence-corrected chi connectivity index (χ0v) is 17.9. The molecule has 5 rings (SSSR count). The number of benzene rings is 1. The second-order valence-corrected chi connectivity index (χ2v) is 8.95. The molecule has 158 valence electrons. The van der Waals surface area contributed by atoms with Crippen molar-refractivity contribution in [2.45, 2.75) is 38.7 Å². The van der Waals surface area contributed by atoms with Gasteiger partial charge in [0.15, 0.2) is 5.65 Å². The maximum Gasteiger partial charge on any atom is 0.174 e. The quantitative estimate of drug-likeness (QED) is 0.412. The average molecular weight is 439 g/mol. The van der Waals surface area contributed by atoms with Gasteiger partial charge in [0, 0.05) is 36.0 Å². The molecule has 31 heavy (non-hydrogen) atoms. The van der Waals surface area contributed by atoms with E-state index in [2.05, 4.69) is 9.97 Å². The van der Waals surface area contributed by atoms with Crippen molar-refractivity contribution in [2.75, 3.05) is 6.61 Å². The van der Waals surface area contributed by atoms with Gasteiger partial charge in [-0.1, -0.05) is 0 Å². The van der Waals surface area contributed by atoms with Crippen molar-refractivity contribution in [3.8, 4) is 11.3 Å². The van der Waals surface area contributed by atoms with Crippen molar-refractivity contribution >= 4 is 21.7 Å². The molecule has 8 heteroatoms. The molecule has 0 saturated carbocycles. The molecule has 0 spiro atoms. The van der Waals surface area contributed by atoms with Gasteiger partial charge in [-0.05, 0) is 56.5 Å². The second kappa shape index (κ2) is 8.01. The van der Waals surface area contributed by atoms with Crippen molar-refractivity contribution in [2.24, 2.45) is 0 Å². The third kappa shape index (κ3) is 3.93. The van der Waals surface area contributed by atoms with Crippen LogP contribution in [0.4, 0.5) is 8.78 Å². The molecule has 0 N–H and O–H groups in total. The molecular formula is C23H20F2N4OS. The molecule has 4 aromatic rings. The van der Waals surface area contributed by atoms with E-state index >= 15 is 0 Å². The van der Waals surface area contributed by atoms with Crippen LogP contribution in [0.15, 0.2) is 36.5 Å². The lowest BCUT2D eigenvalue weighted by atomic mass is 9.91. The highest BCUT2D eigenvalue weighted by atomic mass is 32.1. The van der Waals surface area contributed by atoms with Crippen LogP contribution in [0.5, 0.6) is 0 Å². The van der Waals surface area contributed by atoms with Gasteiger partial charge in [-0.3, -0.25) is 4.98 Å². The van der Waals surface area contributed by atoms with E-state index in [4.69, 9.17) is 14.7 Å². The smallest absolute Gasteiger partial charge is 0.174 e. The molecule has 1 aromatic carbocycles. The van der Waals surface area contributed by atoms with E-state index in [9.17, 15) is 8.78 Å². The van der Waals surface area contributed by atoms with Crippen molar-refractivity contribution < 1.29 is 13.5 Å². The first-order valence-electron chi connectivity index (χ1n) is 10.1. The third-order valence-electron chi connectivity index (χ3n) is 5.51. The number of thiazole rings is 1. The lowest BCUT2D eigenvalue weighted by Crippen LogP contribution is -2.20. The lowest BCUT2D eigenvalue weighted by molar-refractivity contribution is 0.00394. The van der Waals surface area contributed by atoms with E-state index in [1.165, 1.54) is 23.5 Å². The number of fused-ring (bicyclic) bond motifs is 1. The molecule has 2 atom stereocenters. The summed E-state index contributed by atoms with van der Waals surface area (Å²) < 4.78 is 34.8. The van der Waals surface area contributed by atoms with E-state index in [0.29, 0.717) is 34.9 Å². The average Bonchev–Trinajstić information content (AvgIpc) is 3.13. The van der Waals surface area contributed by atoms with Crippen molar-refractivity contribution in [1.29, 1.82) is 0 Å². The zero-order chi connectivity index (χ0) is 21.5. The largest absolute Gasteiger partial charge is 0.373 e. The van der Waals surface area contributed by atoms with Crippen molar-refractivity contribution in [3.63, 3.8) is 0 Å². The Bertz CT molecular complexity index is 1280. The van der Waals surface area contributed by atoms with E-state index in [0.717, 1.165) is 28.8 Å². The molecule has 1 saturated heterocycles. The van der Waals surface area contributed by atoms with Gasteiger partial charge in [-0.25, -0.2) is 23.7 Å². The topological polar surface area (TPSA) is 60.8 Å². The van der Waals surface area contributed by atoms with Crippen molar-refractivity contribution in [1.82, 2.24) is 19.9 Å². The van der Waals surface area contributed by atoms with Crippen LogP contribution in [0.3, 0.4) is 0 Å². The molecule has 3 aromatic heterocycles. The van der Waals surface area contributed by atoms with Gasteiger partial charge in [0.1, 0.15) is 22.2 Å². The van der Waals surface area contributed by atoms with E-state index in [1.54, 1.807) is 6.20 Å². The molecule has 0 aliphatic carbocycles. The highest BCUT2D eigenvalue weighted by molar-refractivity contribution is 7.19. The molecule has 5 nitrogen and oxygen atoms in total. The molecular weight excluding hydrogens is 418 g/mol. The van der Waals surface area contributed by atoms with Crippen LogP contribution in [0.2, 0.25) is 0 Å². The summed E-state index contributed by atoms with van der Waals surface area (Å²) in [6, 6.07) is 7.55. The van der Waals surface area contributed by atoms with E-state index in [-0.39, 0.29) is 17.6 Å². The van der Waals surface area contributed by atoms with E-state index in [1.807, 2.05) is 26.0 Å². The monoisotopic (exact) mass is 438 g/mol. The third-order valence-corrected chi connectivity index (χ3v) is 6.47. The fraction of sp³-hybridized carbons (Fsp3) is 0.304. The Morgan fingerprint density at radius 1 is 1.06 bits per heavy atom. The van der Waals surface area contributed by atoms with Gasteiger partial charge in [0.05, 0.1) is 16.8 Å². The van der Waals surface area contributed by atoms with Gasteiger partial charge in [0.2, 0.25) is 0 Å². The normalized spacial score (nSPS) is 19.1. The summed E-state index contributed by atoms with van der Waals surface area (Å²) in [5.41, 5.74) is 3.28. The number of hydrogen-bond acceptors (Lipinski definition) is 6. The number of aryl methyl sites for hydroxylation is 2. The summed E-state index contributed by atoms with van der Waals surface area (Å²) in [6.07, 6.45) is 3.18. The minimum atomic E-state index is -0.644. The predicted octanol–water partition coefficient (Wildman–Crippen LogP) is 5.68. The minimum absolute atomic E-state index is 0.0425. The number of pyridine rings is 1. The SMILES string of the molecule is Cc1cc([C@@H]2C[C@@H](c3nc(-c4ccc(F)cc4F)c4sc(C)nc4n3)CCO2)ccn1. The van der Waals surface area contributed by atoms with Crippen LogP contribution < -0.4 is 0 Å². The lowest BCUT2D eigenvalue weighted by Gasteiger charge is -2.29. The highest BCUT2D eigenvalue weighted by Crippen LogP contribution is 2.39. The predicted molar refractivity (Wildman–Crippen MR) is 115 cm³/mol. The number of ether oxygens (including phenoxy) is 1. The van der Waals surface area contributed by atoms with Crippen LogP contribution in [-0.4, -0.2) is 26.5 Å². The van der Waals surface area contributed by atoms with Gasteiger partial charge in [-0.2, -0.15) is 0 Å². The number of nitrogens with zero attached hydrogens (tertiary/aromatic N) is 4. The Kier molecular flexibility index (Phi) is 5.19. The van der Waals surface area contributed by atoms with Crippen LogP contribution in [0, 0.1) is 25.5 Å². The van der Waals surface area contributed by atoms with Gasteiger partial charge < -0.3 is 4.74 Å². The number of halogens is 2. The maximum atomic E-state index is 14.6. The number of aromatic nitrogens is 4. The summed E-state index contributed by atoms with van der Waals surface area (Å²) in [5.74, 6) is -0.599. The summed E-state index contributed by atoms with van der Waals surface area (Å²) in [5, 5.41) is 0.822. The summed E-state index contributed by atoms with van der Waals surface area (Å²) >= 11 is 1.41. The first kappa shape index (κ1) is 20.1. The van der Waals surface area contributed by atoms with Crippen molar-refractivity contribution in [3.05, 3.63) is 70.3 Å². The summed E-state index contributed by atoms with van der Waals surface area (Å²) in [6.45, 7) is 4.41. The van der Waals surface area contributed by atoms with Crippen LogP contribution in [0.25, 0.3) is 21.6 Å². The van der Waals surface area contributed by atoms with Gasteiger partial charge in [0.25, 0.3) is 0 Å². The molecule has 0 radical (unpaired) electrons. The molecule has 0 unspecified atom stereocenters. The molecule has 1 fully saturated rings. The van der Waals surface area contributed by atoms with E-state index < -0.39 is 11.6 Å².